The average molecular weight is 199 g/mol. The predicted molar refractivity (Wildman–Crippen MR) is 60.3 cm³/mol. The van der Waals surface area contributed by atoms with E-state index in [0.717, 1.165) is 18.9 Å². The van der Waals surface area contributed by atoms with Gasteiger partial charge in [-0.25, -0.2) is 0 Å². The highest BCUT2D eigenvalue weighted by Gasteiger charge is 2.21. The van der Waals surface area contributed by atoms with Crippen LogP contribution in [0.1, 0.15) is 44.9 Å². The van der Waals surface area contributed by atoms with Gasteiger partial charge in [-0.15, -0.1) is 0 Å². The van der Waals surface area contributed by atoms with Gasteiger partial charge in [-0.1, -0.05) is 38.5 Å². The van der Waals surface area contributed by atoms with Crippen LogP contribution in [0.2, 0.25) is 0 Å². The molecule has 2 nitrogen and oxygen atoms in total. The minimum atomic E-state index is 0.381. The van der Waals surface area contributed by atoms with Crippen molar-refractivity contribution in [3.63, 3.8) is 0 Å². The molecule has 0 saturated heterocycles. The lowest BCUT2D eigenvalue weighted by Gasteiger charge is -2.24. The molecule has 0 aliphatic heterocycles. The molecule has 0 amide bonds. The first-order valence-electron chi connectivity index (χ1n) is 6.14. The summed E-state index contributed by atoms with van der Waals surface area (Å²) in [4.78, 5) is 0. The van der Waals surface area contributed by atoms with E-state index in [1.165, 1.54) is 38.5 Å². The van der Waals surface area contributed by atoms with Gasteiger partial charge in [0.25, 0.3) is 0 Å². The van der Waals surface area contributed by atoms with Crippen LogP contribution in [0.3, 0.4) is 0 Å². The molecular weight excluding hydrogens is 174 g/mol. The lowest BCUT2D eigenvalue weighted by molar-refractivity contribution is 0.155. The summed E-state index contributed by atoms with van der Waals surface area (Å²) < 4.78 is 0. The lowest BCUT2D eigenvalue weighted by atomic mass is 9.84. The maximum atomic E-state index is 9.37. The Labute approximate surface area is 88.1 Å². The Morgan fingerprint density at radius 2 is 1.86 bits per heavy atom. The first-order valence-corrected chi connectivity index (χ1v) is 6.14. The number of hydrogen-bond acceptors (Lipinski definition) is 2. The van der Waals surface area contributed by atoms with Crippen molar-refractivity contribution in [2.45, 2.75) is 44.9 Å². The van der Waals surface area contributed by atoms with Crippen LogP contribution in [0.4, 0.5) is 0 Å². The van der Waals surface area contributed by atoms with Crippen molar-refractivity contribution >= 4 is 0 Å². The molecule has 0 aromatic heterocycles. The molecule has 0 spiro atoms. The van der Waals surface area contributed by atoms with Crippen molar-refractivity contribution in [2.75, 3.05) is 20.2 Å². The van der Waals surface area contributed by atoms with E-state index in [9.17, 15) is 5.11 Å². The van der Waals surface area contributed by atoms with Gasteiger partial charge in [0.2, 0.25) is 0 Å². The number of nitrogens with one attached hydrogen (secondary N) is 1. The Balaban J connectivity index is 2.32. The summed E-state index contributed by atoms with van der Waals surface area (Å²) in [7, 11) is 1.99. The molecule has 1 saturated carbocycles. The van der Waals surface area contributed by atoms with Crippen LogP contribution in [-0.4, -0.2) is 25.3 Å². The Bertz CT molecular complexity index is 130. The van der Waals surface area contributed by atoms with Crippen LogP contribution in [0.15, 0.2) is 0 Å². The summed E-state index contributed by atoms with van der Waals surface area (Å²) in [6.07, 6.45) is 9.38. The number of aliphatic hydroxyl groups is 1. The summed E-state index contributed by atoms with van der Waals surface area (Å²) in [5, 5.41) is 12.5. The monoisotopic (exact) mass is 199 g/mol. The van der Waals surface area contributed by atoms with Crippen LogP contribution in [-0.2, 0) is 0 Å². The van der Waals surface area contributed by atoms with Crippen molar-refractivity contribution in [2.24, 2.45) is 11.8 Å². The van der Waals surface area contributed by atoms with E-state index < -0.39 is 0 Å². The largest absolute Gasteiger partial charge is 0.396 e. The summed E-state index contributed by atoms with van der Waals surface area (Å²) in [6, 6.07) is 0. The summed E-state index contributed by atoms with van der Waals surface area (Å²) in [5.74, 6) is 1.33. The van der Waals surface area contributed by atoms with Crippen LogP contribution in [0, 0.1) is 11.8 Å². The van der Waals surface area contributed by atoms with E-state index >= 15 is 0 Å². The van der Waals surface area contributed by atoms with Crippen molar-refractivity contribution in [3.05, 3.63) is 0 Å². The summed E-state index contributed by atoms with van der Waals surface area (Å²) in [6.45, 7) is 1.42. The molecule has 14 heavy (non-hydrogen) atoms. The molecule has 1 fully saturated rings. The van der Waals surface area contributed by atoms with Gasteiger partial charge in [0.05, 0.1) is 0 Å². The van der Waals surface area contributed by atoms with E-state index in [1.807, 2.05) is 7.05 Å². The molecular formula is C12H25NO. The van der Waals surface area contributed by atoms with Crippen molar-refractivity contribution in [1.82, 2.24) is 5.32 Å². The van der Waals surface area contributed by atoms with Gasteiger partial charge in [0.15, 0.2) is 0 Å². The smallest absolute Gasteiger partial charge is 0.0462 e. The zero-order chi connectivity index (χ0) is 10.2. The average Bonchev–Trinajstić information content (AvgIpc) is 2.48. The lowest BCUT2D eigenvalue weighted by Crippen LogP contribution is -2.23. The van der Waals surface area contributed by atoms with E-state index in [4.69, 9.17) is 0 Å². The van der Waals surface area contributed by atoms with Gasteiger partial charge >= 0.3 is 0 Å². The highest BCUT2D eigenvalue weighted by atomic mass is 16.3. The third kappa shape index (κ3) is 3.97. The molecule has 0 bridgehead atoms. The van der Waals surface area contributed by atoms with Crippen molar-refractivity contribution < 1.29 is 5.11 Å². The predicted octanol–water partition coefficient (Wildman–Crippen LogP) is 2.17. The number of hydrogen-bond donors (Lipinski definition) is 2. The van der Waals surface area contributed by atoms with E-state index in [-0.39, 0.29) is 0 Å². The van der Waals surface area contributed by atoms with Crippen molar-refractivity contribution in [3.8, 4) is 0 Å². The second-order valence-corrected chi connectivity index (χ2v) is 4.59. The standard InChI is InChI=1S/C12H25NO/c1-13-9-8-12(10-14)11-6-4-2-3-5-7-11/h11-14H,2-10H2,1H3. The summed E-state index contributed by atoms with van der Waals surface area (Å²) >= 11 is 0. The van der Waals surface area contributed by atoms with Crippen LogP contribution in [0.25, 0.3) is 0 Å². The third-order valence-electron chi connectivity index (χ3n) is 3.57. The Morgan fingerprint density at radius 1 is 1.21 bits per heavy atom. The first-order chi connectivity index (χ1) is 6.88. The van der Waals surface area contributed by atoms with Crippen LogP contribution in [0.5, 0.6) is 0 Å². The molecule has 2 N–H and O–H groups in total. The minimum Gasteiger partial charge on any atom is -0.396 e. The van der Waals surface area contributed by atoms with Crippen LogP contribution < -0.4 is 5.32 Å². The fourth-order valence-corrected chi connectivity index (χ4v) is 2.59. The highest BCUT2D eigenvalue weighted by molar-refractivity contribution is 4.73. The second kappa shape index (κ2) is 7.24. The first kappa shape index (κ1) is 12.0. The van der Waals surface area contributed by atoms with Gasteiger partial charge in [-0.2, -0.15) is 0 Å². The fourth-order valence-electron chi connectivity index (χ4n) is 2.59. The molecule has 2 heteroatoms. The number of aliphatic hydroxyl groups excluding tert-OH is 1. The number of rotatable bonds is 5. The second-order valence-electron chi connectivity index (χ2n) is 4.59. The fraction of sp³-hybridized carbons (Fsp3) is 1.00. The molecule has 1 atom stereocenters. The highest BCUT2D eigenvalue weighted by Crippen LogP contribution is 2.30. The van der Waals surface area contributed by atoms with Gasteiger partial charge in [0.1, 0.15) is 0 Å². The maximum absolute atomic E-state index is 9.37. The minimum absolute atomic E-state index is 0.381. The molecule has 0 radical (unpaired) electrons. The molecule has 84 valence electrons. The molecule has 1 rings (SSSR count). The van der Waals surface area contributed by atoms with Crippen molar-refractivity contribution in [1.29, 1.82) is 0 Å². The molecule has 1 aliphatic rings. The van der Waals surface area contributed by atoms with Crippen LogP contribution >= 0.6 is 0 Å². The molecule has 1 aliphatic carbocycles. The normalized spacial score (nSPS) is 21.9. The molecule has 0 heterocycles. The quantitative estimate of drug-likeness (QED) is 0.665. The topological polar surface area (TPSA) is 32.3 Å². The molecule has 0 aromatic carbocycles. The van der Waals surface area contributed by atoms with Gasteiger partial charge in [0, 0.05) is 6.61 Å². The molecule has 0 aromatic rings. The maximum Gasteiger partial charge on any atom is 0.0462 e. The van der Waals surface area contributed by atoms with Gasteiger partial charge < -0.3 is 10.4 Å². The summed E-state index contributed by atoms with van der Waals surface area (Å²) in [5.41, 5.74) is 0. The zero-order valence-electron chi connectivity index (χ0n) is 9.47. The third-order valence-corrected chi connectivity index (χ3v) is 3.57. The van der Waals surface area contributed by atoms with E-state index in [1.54, 1.807) is 0 Å². The van der Waals surface area contributed by atoms with Gasteiger partial charge in [-0.05, 0) is 31.8 Å². The molecule has 1 unspecified atom stereocenters. The van der Waals surface area contributed by atoms with E-state index in [2.05, 4.69) is 5.32 Å². The Kier molecular flexibility index (Phi) is 6.20. The van der Waals surface area contributed by atoms with Gasteiger partial charge in [-0.3, -0.25) is 0 Å². The van der Waals surface area contributed by atoms with E-state index in [0.29, 0.717) is 12.5 Å². The Hall–Kier alpha value is -0.0800. The Morgan fingerprint density at radius 3 is 2.36 bits per heavy atom. The zero-order valence-corrected chi connectivity index (χ0v) is 9.47. The SMILES string of the molecule is CNCCC(CO)C1CCCCCC1.